The number of hydrogen-bond acceptors (Lipinski definition) is 7. The van der Waals surface area contributed by atoms with Gasteiger partial charge in [-0.05, 0) is 42.0 Å². The molecule has 1 saturated heterocycles. The Morgan fingerprint density at radius 1 is 1.00 bits per heavy atom. The van der Waals surface area contributed by atoms with Gasteiger partial charge in [-0.3, -0.25) is 19.4 Å². The molecule has 0 saturated carbocycles. The van der Waals surface area contributed by atoms with Crippen LogP contribution in [0.25, 0.3) is 10.8 Å². The van der Waals surface area contributed by atoms with Crippen LogP contribution in [0, 0.1) is 0 Å². The highest BCUT2D eigenvalue weighted by Crippen LogP contribution is 2.31. The van der Waals surface area contributed by atoms with Crippen LogP contribution in [0.5, 0.6) is 5.75 Å². The topological polar surface area (TPSA) is 118 Å². The second kappa shape index (κ2) is 12.8. The molecule has 10 nitrogen and oxygen atoms in total. The minimum Gasteiger partial charge on any atom is -0.494 e. The smallest absolute Gasteiger partial charge is 0.272 e. The highest BCUT2D eigenvalue weighted by molar-refractivity contribution is 6.29. The van der Waals surface area contributed by atoms with Crippen LogP contribution in [-0.2, 0) is 16.0 Å². The summed E-state index contributed by atoms with van der Waals surface area (Å²) in [7, 11) is 0. The van der Waals surface area contributed by atoms with Crippen LogP contribution in [0.1, 0.15) is 47.0 Å². The predicted molar refractivity (Wildman–Crippen MR) is 160 cm³/mol. The van der Waals surface area contributed by atoms with Crippen LogP contribution in [0.4, 0.5) is 0 Å². The van der Waals surface area contributed by atoms with Crippen LogP contribution < -0.4 is 10.1 Å². The fraction of sp³-hybridized carbons (Fsp3) is 0.344. The number of benzene rings is 2. The standard InChI is InChI=1S/C32H32ClN5O5/c33-29-16-25(43-36-29)10-11-31(40)37-12-3-4-13-42-24-9-5-8-22(14-24)26-18-38(19-28(26)35-30(39)20-37)32(41)27-15-21-6-1-2-7-23(21)17-34-27/h1-2,5-9,14-17,26,28H,3-4,10-13,18-20H2,(H,35,39)/t26-,28+/m1/s1. The zero-order valence-electron chi connectivity index (χ0n) is 23.6. The molecule has 1 N–H and O–H groups in total. The summed E-state index contributed by atoms with van der Waals surface area (Å²) < 4.78 is 11.2. The summed E-state index contributed by atoms with van der Waals surface area (Å²) in [5.74, 6) is 0.456. The zero-order chi connectivity index (χ0) is 29.8. The van der Waals surface area contributed by atoms with E-state index in [1.807, 2.05) is 48.5 Å². The third-order valence-corrected chi connectivity index (χ3v) is 8.16. The number of halogens is 1. The Morgan fingerprint density at radius 2 is 1.86 bits per heavy atom. The van der Waals surface area contributed by atoms with E-state index in [0.717, 1.165) is 28.5 Å². The molecule has 0 aliphatic carbocycles. The Morgan fingerprint density at radius 3 is 2.70 bits per heavy atom. The van der Waals surface area contributed by atoms with Crippen LogP contribution in [0.2, 0.25) is 5.15 Å². The molecule has 4 aromatic rings. The Balaban J connectivity index is 1.21. The number of carbonyl (C=O) groups is 3. The molecular weight excluding hydrogens is 570 g/mol. The fourth-order valence-corrected chi connectivity index (χ4v) is 5.91. The Hall–Kier alpha value is -4.44. The third kappa shape index (κ3) is 6.80. The van der Waals surface area contributed by atoms with E-state index >= 15 is 0 Å². The van der Waals surface area contributed by atoms with Gasteiger partial charge in [0.15, 0.2) is 5.15 Å². The number of nitrogens with one attached hydrogen (secondary N) is 1. The van der Waals surface area contributed by atoms with E-state index in [9.17, 15) is 14.4 Å². The second-order valence-electron chi connectivity index (χ2n) is 11.0. The first-order chi connectivity index (χ1) is 20.9. The minimum absolute atomic E-state index is 0.0830. The maximum absolute atomic E-state index is 13.6. The maximum Gasteiger partial charge on any atom is 0.272 e. The molecule has 2 aliphatic rings. The Kier molecular flexibility index (Phi) is 8.55. The first-order valence-corrected chi connectivity index (χ1v) is 14.9. The minimum atomic E-state index is -0.358. The number of aromatic nitrogens is 2. The van der Waals surface area contributed by atoms with Crippen molar-refractivity contribution in [3.05, 3.63) is 89.0 Å². The van der Waals surface area contributed by atoms with Crippen molar-refractivity contribution in [2.45, 2.75) is 37.6 Å². The molecule has 1 fully saturated rings. The van der Waals surface area contributed by atoms with E-state index in [1.165, 1.54) is 0 Å². The number of rotatable bonds is 4. The van der Waals surface area contributed by atoms with Gasteiger partial charge in [-0.25, -0.2) is 0 Å². The Labute approximate surface area is 253 Å². The van der Waals surface area contributed by atoms with Crippen LogP contribution in [-0.4, -0.2) is 76.5 Å². The van der Waals surface area contributed by atoms with Crippen molar-refractivity contribution in [3.63, 3.8) is 0 Å². The molecule has 43 heavy (non-hydrogen) atoms. The van der Waals surface area contributed by atoms with Crippen molar-refractivity contribution < 1.29 is 23.6 Å². The molecule has 2 aromatic heterocycles. The summed E-state index contributed by atoms with van der Waals surface area (Å²) >= 11 is 5.83. The molecule has 3 amide bonds. The lowest BCUT2D eigenvalue weighted by atomic mass is 9.94. The molecule has 0 unspecified atom stereocenters. The van der Waals surface area contributed by atoms with E-state index < -0.39 is 0 Å². The average Bonchev–Trinajstić information content (AvgIpc) is 3.64. The zero-order valence-corrected chi connectivity index (χ0v) is 24.3. The molecular formula is C32H32ClN5O5. The highest BCUT2D eigenvalue weighted by atomic mass is 35.5. The summed E-state index contributed by atoms with van der Waals surface area (Å²) in [5.41, 5.74) is 1.33. The number of fused-ring (bicyclic) bond motifs is 5. The first-order valence-electron chi connectivity index (χ1n) is 14.5. The van der Waals surface area contributed by atoms with Gasteiger partial charge in [-0.2, -0.15) is 0 Å². The molecule has 2 atom stereocenters. The van der Waals surface area contributed by atoms with E-state index in [0.29, 0.717) is 50.5 Å². The van der Waals surface area contributed by atoms with E-state index in [-0.39, 0.29) is 47.8 Å². The second-order valence-corrected chi connectivity index (χ2v) is 11.4. The predicted octanol–water partition coefficient (Wildman–Crippen LogP) is 4.23. The number of aryl methyl sites for hydroxylation is 1. The number of carbonyl (C=O) groups excluding carboxylic acids is 3. The van der Waals surface area contributed by atoms with E-state index in [2.05, 4.69) is 15.5 Å². The third-order valence-electron chi connectivity index (χ3n) is 7.98. The number of amides is 3. The fourth-order valence-electron chi connectivity index (χ4n) is 5.76. The molecule has 0 spiro atoms. The van der Waals surface area contributed by atoms with Crippen LogP contribution in [0.3, 0.4) is 0 Å². The number of likely N-dealkylation sites (tertiary alicyclic amines) is 1. The summed E-state index contributed by atoms with van der Waals surface area (Å²) in [6.07, 6.45) is 3.60. The molecule has 222 valence electrons. The van der Waals surface area contributed by atoms with Crippen molar-refractivity contribution in [1.29, 1.82) is 0 Å². The van der Waals surface area contributed by atoms with Gasteiger partial charge in [-0.15, -0.1) is 0 Å². The van der Waals surface area contributed by atoms with Crippen LogP contribution in [0.15, 0.2) is 71.4 Å². The quantitative estimate of drug-likeness (QED) is 0.372. The summed E-state index contributed by atoms with van der Waals surface area (Å²) in [6.45, 7) is 1.54. The molecule has 2 aliphatic heterocycles. The first kappa shape index (κ1) is 28.7. The number of pyridine rings is 1. The lowest BCUT2D eigenvalue weighted by Gasteiger charge is -2.26. The largest absolute Gasteiger partial charge is 0.494 e. The normalized spacial score (nSPS) is 19.3. The van der Waals surface area contributed by atoms with E-state index in [4.69, 9.17) is 20.9 Å². The maximum atomic E-state index is 13.6. The van der Waals surface area contributed by atoms with Gasteiger partial charge in [0.25, 0.3) is 5.91 Å². The molecule has 0 radical (unpaired) electrons. The number of hydrogen-bond donors (Lipinski definition) is 1. The van der Waals surface area contributed by atoms with Gasteiger partial charge in [0.2, 0.25) is 11.8 Å². The van der Waals surface area contributed by atoms with Gasteiger partial charge >= 0.3 is 0 Å². The summed E-state index contributed by atoms with van der Waals surface area (Å²) in [4.78, 5) is 48.0. The van der Waals surface area contributed by atoms with E-state index in [1.54, 1.807) is 28.1 Å². The molecule has 4 heterocycles. The number of nitrogens with zero attached hydrogens (tertiary/aromatic N) is 4. The lowest BCUT2D eigenvalue weighted by molar-refractivity contribution is -0.136. The lowest BCUT2D eigenvalue weighted by Crippen LogP contribution is -2.47. The molecule has 2 bridgehead atoms. The average molecular weight is 602 g/mol. The Bertz CT molecular complexity index is 1640. The van der Waals surface area contributed by atoms with Gasteiger partial charge in [0, 0.05) is 56.0 Å². The molecule has 6 rings (SSSR count). The van der Waals surface area contributed by atoms with Gasteiger partial charge in [-0.1, -0.05) is 53.2 Å². The van der Waals surface area contributed by atoms with Crippen molar-refractivity contribution in [2.24, 2.45) is 0 Å². The summed E-state index contributed by atoms with van der Waals surface area (Å²) in [5, 5.41) is 8.92. The van der Waals surface area contributed by atoms with Gasteiger partial charge in [0.05, 0.1) is 19.2 Å². The molecule has 11 heteroatoms. The van der Waals surface area contributed by atoms with Crippen molar-refractivity contribution in [1.82, 2.24) is 25.3 Å². The number of ether oxygens (including phenoxy) is 1. The van der Waals surface area contributed by atoms with Gasteiger partial charge in [0.1, 0.15) is 17.2 Å². The van der Waals surface area contributed by atoms with Crippen molar-refractivity contribution in [3.8, 4) is 5.75 Å². The SMILES string of the molecule is O=C1CN(C(=O)CCc2cc(Cl)no2)CCCCOc2cccc(c2)[C@H]2CN(C(=O)c3cc4ccccc4cn3)C[C@@H]2N1. The van der Waals surface area contributed by atoms with Gasteiger partial charge < -0.3 is 24.4 Å². The monoisotopic (exact) mass is 601 g/mol. The van der Waals surface area contributed by atoms with Crippen molar-refractivity contribution >= 4 is 40.1 Å². The highest BCUT2D eigenvalue weighted by Gasteiger charge is 2.38. The molecule has 2 aromatic carbocycles. The van der Waals surface area contributed by atoms with Crippen LogP contribution >= 0.6 is 11.6 Å². The van der Waals surface area contributed by atoms with Crippen molar-refractivity contribution in [2.75, 3.05) is 32.8 Å². The summed E-state index contributed by atoms with van der Waals surface area (Å²) in [6, 6.07) is 18.6.